The van der Waals surface area contributed by atoms with E-state index in [-0.39, 0.29) is 6.04 Å². The zero-order valence-corrected chi connectivity index (χ0v) is 16.6. The highest BCUT2D eigenvalue weighted by Gasteiger charge is 2.20. The van der Waals surface area contributed by atoms with E-state index in [0.29, 0.717) is 15.8 Å². The molecule has 0 amide bonds. The van der Waals surface area contributed by atoms with E-state index in [1.165, 1.54) is 0 Å². The molecule has 112 valence electrons. The average molecular weight is 501 g/mol. The number of halogens is 4. The van der Waals surface area contributed by atoms with Crippen molar-refractivity contribution in [3.8, 4) is 5.75 Å². The third-order valence-electron chi connectivity index (χ3n) is 3.14. The largest absolute Gasteiger partial charge is 0.495 e. The summed E-state index contributed by atoms with van der Waals surface area (Å²) in [5.74, 6) is 0.573. The van der Waals surface area contributed by atoms with Crippen LogP contribution in [0.1, 0.15) is 17.2 Å². The first-order chi connectivity index (χ1) is 9.97. The lowest BCUT2D eigenvalue weighted by Gasteiger charge is -2.21. The van der Waals surface area contributed by atoms with Gasteiger partial charge in [0.1, 0.15) is 5.75 Å². The summed E-state index contributed by atoms with van der Waals surface area (Å²) in [6, 6.07) is 9.70. The smallest absolute Gasteiger partial charge is 0.138 e. The molecule has 2 aromatic rings. The van der Waals surface area contributed by atoms with Crippen molar-refractivity contribution in [3.63, 3.8) is 0 Å². The van der Waals surface area contributed by atoms with Crippen molar-refractivity contribution in [2.24, 2.45) is 0 Å². The van der Waals surface area contributed by atoms with Crippen LogP contribution in [-0.2, 0) is 0 Å². The monoisotopic (exact) mass is 499 g/mol. The van der Waals surface area contributed by atoms with Gasteiger partial charge in [0, 0.05) is 19.1 Å². The Morgan fingerprint density at radius 1 is 1.14 bits per heavy atom. The van der Waals surface area contributed by atoms with Crippen LogP contribution in [0.25, 0.3) is 0 Å². The Morgan fingerprint density at radius 3 is 2.48 bits per heavy atom. The molecule has 2 rings (SSSR count). The predicted octanol–water partition coefficient (Wildman–Crippen LogP) is 5.68. The van der Waals surface area contributed by atoms with Crippen LogP contribution in [0.5, 0.6) is 5.75 Å². The van der Waals surface area contributed by atoms with E-state index < -0.39 is 0 Å². The van der Waals surface area contributed by atoms with Crippen molar-refractivity contribution in [3.05, 3.63) is 59.5 Å². The first-order valence-electron chi connectivity index (χ1n) is 6.13. The summed E-state index contributed by atoms with van der Waals surface area (Å²) in [7, 11) is 3.47. The molecule has 21 heavy (non-hydrogen) atoms. The topological polar surface area (TPSA) is 21.3 Å². The first-order valence-corrected chi connectivity index (χ1v) is 8.75. The van der Waals surface area contributed by atoms with Gasteiger partial charge in [-0.25, -0.2) is 0 Å². The molecule has 0 saturated heterocycles. The molecule has 0 fully saturated rings. The maximum atomic E-state index is 6.40. The molecule has 0 spiro atoms. The van der Waals surface area contributed by atoms with Gasteiger partial charge in [0.15, 0.2) is 0 Å². The standard InChI is InChI=1S/C15H13BrCl2INO/c1-20-15(10-5-8(16)3-4-13(10)19)9-6-12(18)14(21-2)7-11(9)17/h3-7,15,20H,1-2H3. The lowest BCUT2D eigenvalue weighted by Crippen LogP contribution is -2.19. The molecule has 6 heteroatoms. The first kappa shape index (κ1) is 17.3. The van der Waals surface area contributed by atoms with Gasteiger partial charge in [-0.05, 0) is 65.0 Å². The minimum Gasteiger partial charge on any atom is -0.495 e. The van der Waals surface area contributed by atoms with Crippen LogP contribution in [0, 0.1) is 3.57 Å². The molecule has 2 nitrogen and oxygen atoms in total. The van der Waals surface area contributed by atoms with Crippen molar-refractivity contribution in [2.45, 2.75) is 6.04 Å². The molecule has 1 atom stereocenters. The molecule has 0 heterocycles. The normalized spacial score (nSPS) is 12.3. The summed E-state index contributed by atoms with van der Waals surface area (Å²) in [5, 5.41) is 4.46. The van der Waals surface area contributed by atoms with Gasteiger partial charge in [-0.3, -0.25) is 0 Å². The van der Waals surface area contributed by atoms with Crippen LogP contribution in [0.15, 0.2) is 34.8 Å². The van der Waals surface area contributed by atoms with Crippen molar-refractivity contribution in [1.29, 1.82) is 0 Å². The molecule has 1 unspecified atom stereocenters. The second-order valence-corrected chi connectivity index (χ2v) is 7.29. The number of ether oxygens (including phenoxy) is 1. The lowest BCUT2D eigenvalue weighted by atomic mass is 9.98. The number of methoxy groups -OCH3 is 1. The molecule has 0 aliphatic rings. The SMILES string of the molecule is CNC(c1cc(Cl)c(OC)cc1Cl)c1cc(Br)ccc1I. The minimum atomic E-state index is -0.0506. The maximum Gasteiger partial charge on any atom is 0.138 e. The molecular formula is C15H13BrCl2INO. The highest BCUT2D eigenvalue weighted by atomic mass is 127. The quantitative estimate of drug-likeness (QED) is 0.545. The highest BCUT2D eigenvalue weighted by Crippen LogP contribution is 2.37. The summed E-state index contributed by atoms with van der Waals surface area (Å²) in [6.07, 6.45) is 0. The molecule has 0 aliphatic heterocycles. The maximum absolute atomic E-state index is 6.40. The van der Waals surface area contributed by atoms with E-state index in [0.717, 1.165) is 19.2 Å². The Morgan fingerprint density at radius 2 is 1.86 bits per heavy atom. The van der Waals surface area contributed by atoms with Crippen molar-refractivity contribution >= 4 is 61.7 Å². The van der Waals surface area contributed by atoms with E-state index >= 15 is 0 Å². The van der Waals surface area contributed by atoms with Gasteiger partial charge in [0.25, 0.3) is 0 Å². The van der Waals surface area contributed by atoms with Crippen molar-refractivity contribution in [2.75, 3.05) is 14.2 Å². The van der Waals surface area contributed by atoms with Crippen LogP contribution in [0.3, 0.4) is 0 Å². The van der Waals surface area contributed by atoms with Gasteiger partial charge in [-0.15, -0.1) is 0 Å². The van der Waals surface area contributed by atoms with Gasteiger partial charge in [0.05, 0.1) is 18.2 Å². The van der Waals surface area contributed by atoms with Gasteiger partial charge < -0.3 is 10.1 Å². The zero-order valence-electron chi connectivity index (χ0n) is 11.4. The zero-order chi connectivity index (χ0) is 15.6. The Hall–Kier alpha value is -0.0100. The summed E-state index contributed by atoms with van der Waals surface area (Å²) in [6.45, 7) is 0. The summed E-state index contributed by atoms with van der Waals surface area (Å²) < 4.78 is 7.37. The highest BCUT2D eigenvalue weighted by molar-refractivity contribution is 14.1. The van der Waals surface area contributed by atoms with E-state index in [1.807, 2.05) is 19.2 Å². The van der Waals surface area contributed by atoms with Gasteiger partial charge >= 0.3 is 0 Å². The average Bonchev–Trinajstić information content (AvgIpc) is 2.46. The fraction of sp³-hybridized carbons (Fsp3) is 0.200. The second-order valence-electron chi connectivity index (χ2n) is 4.40. The summed E-state index contributed by atoms with van der Waals surface area (Å²) >= 11 is 18.5. The third kappa shape index (κ3) is 3.85. The summed E-state index contributed by atoms with van der Waals surface area (Å²) in [5.41, 5.74) is 2.05. The Labute approximate surface area is 156 Å². The molecule has 1 N–H and O–H groups in total. The fourth-order valence-electron chi connectivity index (χ4n) is 2.14. The second kappa shape index (κ2) is 7.51. The Bertz CT molecular complexity index is 666. The molecule has 2 aromatic carbocycles. The van der Waals surface area contributed by atoms with Crippen LogP contribution in [0.2, 0.25) is 10.0 Å². The van der Waals surface area contributed by atoms with Crippen LogP contribution in [-0.4, -0.2) is 14.2 Å². The van der Waals surface area contributed by atoms with E-state index in [9.17, 15) is 0 Å². The molecule has 0 aliphatic carbocycles. The third-order valence-corrected chi connectivity index (χ3v) is 5.24. The van der Waals surface area contributed by atoms with Gasteiger partial charge in [-0.1, -0.05) is 39.1 Å². The lowest BCUT2D eigenvalue weighted by molar-refractivity contribution is 0.415. The number of hydrogen-bond donors (Lipinski definition) is 1. The minimum absolute atomic E-state index is 0.0506. The Kier molecular flexibility index (Phi) is 6.20. The molecule has 0 saturated carbocycles. The predicted molar refractivity (Wildman–Crippen MR) is 101 cm³/mol. The van der Waals surface area contributed by atoms with E-state index in [4.69, 9.17) is 27.9 Å². The van der Waals surface area contributed by atoms with Crippen molar-refractivity contribution in [1.82, 2.24) is 5.32 Å². The number of benzene rings is 2. The van der Waals surface area contributed by atoms with E-state index in [1.54, 1.807) is 13.2 Å². The van der Waals surface area contributed by atoms with Gasteiger partial charge in [-0.2, -0.15) is 0 Å². The number of rotatable bonds is 4. The Balaban J connectivity index is 2.56. The molecule has 0 bridgehead atoms. The molecule has 0 aromatic heterocycles. The van der Waals surface area contributed by atoms with Crippen LogP contribution < -0.4 is 10.1 Å². The van der Waals surface area contributed by atoms with E-state index in [2.05, 4.69) is 56.0 Å². The molecular weight excluding hydrogens is 488 g/mol. The van der Waals surface area contributed by atoms with Crippen molar-refractivity contribution < 1.29 is 4.74 Å². The van der Waals surface area contributed by atoms with Crippen LogP contribution in [0.4, 0.5) is 0 Å². The number of hydrogen-bond acceptors (Lipinski definition) is 2. The van der Waals surface area contributed by atoms with Crippen LogP contribution >= 0.6 is 61.7 Å². The fourth-order valence-corrected chi connectivity index (χ4v) is 3.67. The molecule has 0 radical (unpaired) electrons. The van der Waals surface area contributed by atoms with Gasteiger partial charge in [0.2, 0.25) is 0 Å². The number of nitrogens with one attached hydrogen (secondary N) is 1. The summed E-state index contributed by atoms with van der Waals surface area (Å²) in [4.78, 5) is 0.